The van der Waals surface area contributed by atoms with Gasteiger partial charge in [-0.25, -0.2) is 0 Å². The van der Waals surface area contributed by atoms with E-state index in [0.717, 1.165) is 37.4 Å². The number of benzene rings is 1. The molecular weight excluding hydrogens is 278 g/mol. The number of ether oxygens (including phenoxy) is 1. The topological polar surface area (TPSA) is 53.6 Å². The zero-order valence-corrected chi connectivity index (χ0v) is 13.8. The van der Waals surface area contributed by atoms with Gasteiger partial charge in [-0.3, -0.25) is 4.79 Å². The molecule has 122 valence electrons. The summed E-state index contributed by atoms with van der Waals surface area (Å²) in [6.07, 6.45) is 1.77. The van der Waals surface area contributed by atoms with Gasteiger partial charge in [-0.2, -0.15) is 0 Å². The van der Waals surface area contributed by atoms with Crippen LogP contribution in [0.3, 0.4) is 0 Å². The minimum Gasteiger partial charge on any atom is -0.372 e. The van der Waals surface area contributed by atoms with Gasteiger partial charge < -0.3 is 20.3 Å². The average molecular weight is 305 g/mol. The van der Waals surface area contributed by atoms with Gasteiger partial charge in [0.05, 0.1) is 23.6 Å². The first-order valence-electron chi connectivity index (χ1n) is 8.04. The minimum absolute atomic E-state index is 0.0667. The maximum Gasteiger partial charge on any atom is 0.224 e. The Kier molecular flexibility index (Phi) is 6.21. The predicted molar refractivity (Wildman–Crippen MR) is 90.5 cm³/mol. The summed E-state index contributed by atoms with van der Waals surface area (Å²) >= 11 is 0. The van der Waals surface area contributed by atoms with Gasteiger partial charge in [-0.15, -0.1) is 0 Å². The van der Waals surface area contributed by atoms with E-state index in [1.807, 2.05) is 25.2 Å². The summed E-state index contributed by atoms with van der Waals surface area (Å²) in [6.45, 7) is 6.71. The summed E-state index contributed by atoms with van der Waals surface area (Å²) in [5.41, 5.74) is 1.96. The first kappa shape index (κ1) is 16.8. The van der Waals surface area contributed by atoms with Gasteiger partial charge in [-0.05, 0) is 46.0 Å². The standard InChI is InChI=1S/C17H27N3O2/c1-13-11-20(12-14(2)22-13)16-8-5-4-7-15(16)19-17(21)9-6-10-18-3/h4-5,7-8,13-14,18H,6,9-12H2,1-3H3,(H,19,21). The Morgan fingerprint density at radius 2 is 1.95 bits per heavy atom. The number of amides is 1. The van der Waals surface area contributed by atoms with E-state index in [-0.39, 0.29) is 18.1 Å². The third kappa shape index (κ3) is 4.71. The van der Waals surface area contributed by atoms with Crippen LogP contribution in [0, 0.1) is 0 Å². The molecule has 2 atom stereocenters. The number of morpholine rings is 1. The van der Waals surface area contributed by atoms with Crippen molar-refractivity contribution >= 4 is 17.3 Å². The summed E-state index contributed by atoms with van der Waals surface area (Å²) in [5.74, 6) is 0.0667. The van der Waals surface area contributed by atoms with Gasteiger partial charge in [0.15, 0.2) is 0 Å². The van der Waals surface area contributed by atoms with Crippen molar-refractivity contribution in [2.45, 2.75) is 38.9 Å². The van der Waals surface area contributed by atoms with Gasteiger partial charge in [-0.1, -0.05) is 12.1 Å². The average Bonchev–Trinajstić information content (AvgIpc) is 2.47. The molecule has 0 saturated carbocycles. The molecule has 0 aliphatic carbocycles. The molecule has 2 N–H and O–H groups in total. The minimum atomic E-state index is 0.0667. The lowest BCUT2D eigenvalue weighted by atomic mass is 10.1. The zero-order chi connectivity index (χ0) is 15.9. The highest BCUT2D eigenvalue weighted by molar-refractivity contribution is 5.94. The highest BCUT2D eigenvalue weighted by atomic mass is 16.5. The fraction of sp³-hybridized carbons (Fsp3) is 0.588. The molecule has 0 bridgehead atoms. The molecule has 2 unspecified atom stereocenters. The monoisotopic (exact) mass is 305 g/mol. The number of rotatable bonds is 6. The number of carbonyl (C=O) groups excluding carboxylic acids is 1. The molecule has 0 radical (unpaired) electrons. The van der Waals surface area contributed by atoms with Gasteiger partial charge in [0.25, 0.3) is 0 Å². The Hall–Kier alpha value is -1.59. The Bertz CT molecular complexity index is 483. The Morgan fingerprint density at radius 1 is 1.27 bits per heavy atom. The lowest BCUT2D eigenvalue weighted by Crippen LogP contribution is -2.45. The molecular formula is C17H27N3O2. The van der Waals surface area contributed by atoms with E-state index in [2.05, 4.69) is 35.4 Å². The van der Waals surface area contributed by atoms with Crippen molar-refractivity contribution in [3.63, 3.8) is 0 Å². The first-order valence-corrected chi connectivity index (χ1v) is 8.04. The fourth-order valence-corrected chi connectivity index (χ4v) is 2.87. The van der Waals surface area contributed by atoms with E-state index in [9.17, 15) is 4.79 Å². The first-order chi connectivity index (χ1) is 10.6. The number of hydrogen-bond donors (Lipinski definition) is 2. The van der Waals surface area contributed by atoms with E-state index in [1.54, 1.807) is 0 Å². The van der Waals surface area contributed by atoms with Gasteiger partial charge in [0.1, 0.15) is 0 Å². The second kappa shape index (κ2) is 8.15. The molecule has 1 saturated heterocycles. The SMILES string of the molecule is CNCCCC(=O)Nc1ccccc1N1CC(C)OC(C)C1. The lowest BCUT2D eigenvalue weighted by Gasteiger charge is -2.37. The summed E-state index contributed by atoms with van der Waals surface area (Å²) in [7, 11) is 1.90. The van der Waals surface area contributed by atoms with E-state index >= 15 is 0 Å². The summed E-state index contributed by atoms with van der Waals surface area (Å²) < 4.78 is 5.79. The number of nitrogens with one attached hydrogen (secondary N) is 2. The van der Waals surface area contributed by atoms with Crippen molar-refractivity contribution in [3.8, 4) is 0 Å². The summed E-state index contributed by atoms with van der Waals surface area (Å²) in [6, 6.07) is 8.00. The van der Waals surface area contributed by atoms with Crippen molar-refractivity contribution in [1.29, 1.82) is 0 Å². The van der Waals surface area contributed by atoms with Crippen LogP contribution in [0.5, 0.6) is 0 Å². The van der Waals surface area contributed by atoms with Gasteiger partial charge in [0.2, 0.25) is 5.91 Å². The fourth-order valence-electron chi connectivity index (χ4n) is 2.87. The Labute approximate surface area is 133 Å². The number of carbonyl (C=O) groups is 1. The van der Waals surface area contributed by atoms with Crippen molar-refractivity contribution in [2.75, 3.05) is 36.9 Å². The molecule has 1 aromatic rings. The van der Waals surface area contributed by atoms with Crippen LogP contribution in [0.4, 0.5) is 11.4 Å². The van der Waals surface area contributed by atoms with Crippen LogP contribution < -0.4 is 15.5 Å². The summed E-state index contributed by atoms with van der Waals surface area (Å²) in [5, 5.41) is 6.10. The van der Waals surface area contributed by atoms with Gasteiger partial charge >= 0.3 is 0 Å². The molecule has 0 aromatic heterocycles. The van der Waals surface area contributed by atoms with E-state index in [4.69, 9.17) is 4.74 Å². The molecule has 1 amide bonds. The van der Waals surface area contributed by atoms with Crippen molar-refractivity contribution in [1.82, 2.24) is 5.32 Å². The van der Waals surface area contributed by atoms with Crippen molar-refractivity contribution in [3.05, 3.63) is 24.3 Å². The molecule has 1 fully saturated rings. The van der Waals surface area contributed by atoms with Crippen LogP contribution in [0.15, 0.2) is 24.3 Å². The molecule has 1 aromatic carbocycles. The predicted octanol–water partition coefficient (Wildman–Crippen LogP) is 2.24. The Balaban J connectivity index is 2.04. The van der Waals surface area contributed by atoms with Crippen LogP contribution in [0.2, 0.25) is 0 Å². The lowest BCUT2D eigenvalue weighted by molar-refractivity contribution is -0.116. The van der Waals surface area contributed by atoms with Crippen molar-refractivity contribution in [2.24, 2.45) is 0 Å². The third-order valence-electron chi connectivity index (χ3n) is 3.77. The third-order valence-corrected chi connectivity index (χ3v) is 3.77. The summed E-state index contributed by atoms with van der Waals surface area (Å²) in [4.78, 5) is 14.4. The van der Waals surface area contributed by atoms with E-state index in [1.165, 1.54) is 0 Å². The molecule has 1 aliphatic heterocycles. The highest BCUT2D eigenvalue weighted by Crippen LogP contribution is 2.28. The number of anilines is 2. The smallest absolute Gasteiger partial charge is 0.224 e. The molecule has 22 heavy (non-hydrogen) atoms. The number of para-hydroxylation sites is 2. The van der Waals surface area contributed by atoms with E-state index < -0.39 is 0 Å². The van der Waals surface area contributed by atoms with Crippen LogP contribution in [-0.4, -0.2) is 44.8 Å². The highest BCUT2D eigenvalue weighted by Gasteiger charge is 2.24. The van der Waals surface area contributed by atoms with E-state index in [0.29, 0.717) is 6.42 Å². The van der Waals surface area contributed by atoms with Crippen molar-refractivity contribution < 1.29 is 9.53 Å². The van der Waals surface area contributed by atoms with Crippen LogP contribution >= 0.6 is 0 Å². The molecule has 5 heteroatoms. The van der Waals surface area contributed by atoms with Crippen LogP contribution in [-0.2, 0) is 9.53 Å². The molecule has 0 spiro atoms. The van der Waals surface area contributed by atoms with Crippen LogP contribution in [0.1, 0.15) is 26.7 Å². The van der Waals surface area contributed by atoms with Gasteiger partial charge in [0, 0.05) is 19.5 Å². The maximum absolute atomic E-state index is 12.1. The quantitative estimate of drug-likeness (QED) is 0.792. The molecule has 1 aliphatic rings. The molecule has 1 heterocycles. The maximum atomic E-state index is 12.1. The number of nitrogens with zero attached hydrogens (tertiary/aromatic N) is 1. The largest absolute Gasteiger partial charge is 0.372 e. The second-order valence-corrected chi connectivity index (χ2v) is 5.93. The van der Waals surface area contributed by atoms with Crippen LogP contribution in [0.25, 0.3) is 0 Å². The molecule has 2 rings (SSSR count). The zero-order valence-electron chi connectivity index (χ0n) is 13.8. The molecule has 5 nitrogen and oxygen atoms in total. The second-order valence-electron chi connectivity index (χ2n) is 5.93. The number of hydrogen-bond acceptors (Lipinski definition) is 4. The Morgan fingerprint density at radius 3 is 2.64 bits per heavy atom. The normalized spacial score (nSPS) is 21.7.